The lowest BCUT2D eigenvalue weighted by molar-refractivity contribution is -0.113. The van der Waals surface area contributed by atoms with Gasteiger partial charge in [-0.25, -0.2) is 9.37 Å². The topological polar surface area (TPSA) is 76.6 Å². The van der Waals surface area contributed by atoms with Gasteiger partial charge in [0.25, 0.3) is 5.56 Å². The molecule has 0 bridgehead atoms. The summed E-state index contributed by atoms with van der Waals surface area (Å²) in [6.45, 7) is 1.73. The fourth-order valence-corrected chi connectivity index (χ4v) is 2.86. The van der Waals surface area contributed by atoms with Crippen molar-refractivity contribution in [3.8, 4) is 0 Å². The van der Waals surface area contributed by atoms with Crippen LogP contribution >= 0.6 is 11.8 Å². The van der Waals surface area contributed by atoms with E-state index < -0.39 is 5.82 Å². The minimum atomic E-state index is -0.480. The molecule has 0 aliphatic rings. The molecule has 0 atom stereocenters. The van der Waals surface area contributed by atoms with Gasteiger partial charge in [-0.15, -0.1) is 16.3 Å². The Bertz CT molecular complexity index is 951. The van der Waals surface area contributed by atoms with E-state index in [4.69, 9.17) is 4.52 Å². The molecule has 2 aromatic heterocycles. The monoisotopic (exact) mass is 347 g/mol. The van der Waals surface area contributed by atoms with Gasteiger partial charge >= 0.3 is 0 Å². The number of carbonyl (C=O) groups is 1. The van der Waals surface area contributed by atoms with Gasteiger partial charge in [-0.1, -0.05) is 12.1 Å². The molecule has 1 amide bonds. The average molecular weight is 347 g/mol. The van der Waals surface area contributed by atoms with Crippen LogP contribution in [0.1, 0.15) is 11.5 Å². The third-order valence-corrected chi connectivity index (χ3v) is 4.12. The molecule has 0 aliphatic carbocycles. The van der Waals surface area contributed by atoms with Crippen molar-refractivity contribution in [1.29, 1.82) is 0 Å². The lowest BCUT2D eigenvalue weighted by atomic mass is 10.3. The van der Waals surface area contributed by atoms with E-state index in [0.717, 1.165) is 4.57 Å². The number of amides is 1. The summed E-state index contributed by atoms with van der Waals surface area (Å²) in [4.78, 5) is 28.0. The van der Waals surface area contributed by atoms with Crippen LogP contribution < -0.4 is 10.9 Å². The molecule has 8 heteroatoms. The van der Waals surface area contributed by atoms with E-state index in [0.29, 0.717) is 22.9 Å². The van der Waals surface area contributed by atoms with Crippen molar-refractivity contribution < 1.29 is 13.7 Å². The molecule has 0 radical (unpaired) electrons. The zero-order valence-corrected chi connectivity index (χ0v) is 13.6. The first-order valence-corrected chi connectivity index (χ1v) is 8.30. The van der Waals surface area contributed by atoms with Gasteiger partial charge in [0.1, 0.15) is 11.6 Å². The SMILES string of the molecule is Cc1cc2nc(CSCC(=O)Nc3ccccc3F)cc(=O)n2o1. The number of nitrogens with zero attached hydrogens (tertiary/aromatic N) is 2. The number of aryl methyl sites for hydroxylation is 1. The summed E-state index contributed by atoms with van der Waals surface area (Å²) in [5.74, 6) is 0.308. The maximum atomic E-state index is 13.5. The Balaban J connectivity index is 1.59. The quantitative estimate of drug-likeness (QED) is 0.768. The second kappa shape index (κ2) is 6.88. The van der Waals surface area contributed by atoms with E-state index in [1.165, 1.54) is 30.0 Å². The first kappa shape index (κ1) is 16.3. The Hall–Kier alpha value is -2.61. The lowest BCUT2D eigenvalue weighted by Gasteiger charge is -2.06. The van der Waals surface area contributed by atoms with Gasteiger partial charge in [0.15, 0.2) is 5.65 Å². The Kier molecular flexibility index (Phi) is 4.66. The van der Waals surface area contributed by atoms with Crippen LogP contribution in [-0.2, 0) is 10.5 Å². The summed E-state index contributed by atoms with van der Waals surface area (Å²) in [6.07, 6.45) is 0. The normalized spacial score (nSPS) is 10.9. The van der Waals surface area contributed by atoms with E-state index >= 15 is 0 Å². The summed E-state index contributed by atoms with van der Waals surface area (Å²) < 4.78 is 19.8. The van der Waals surface area contributed by atoms with Gasteiger partial charge in [0.2, 0.25) is 5.91 Å². The average Bonchev–Trinajstić information content (AvgIpc) is 2.91. The van der Waals surface area contributed by atoms with Crippen LogP contribution in [0.2, 0.25) is 0 Å². The fourth-order valence-electron chi connectivity index (χ4n) is 2.14. The molecule has 3 rings (SSSR count). The Labute approximate surface area is 140 Å². The Morgan fingerprint density at radius 1 is 1.38 bits per heavy atom. The number of fused-ring (bicyclic) bond motifs is 1. The highest BCUT2D eigenvalue weighted by atomic mass is 32.2. The van der Waals surface area contributed by atoms with E-state index in [1.807, 2.05) is 0 Å². The summed E-state index contributed by atoms with van der Waals surface area (Å²) in [5, 5.41) is 2.50. The molecule has 0 spiro atoms. The number of hydrogen-bond donors (Lipinski definition) is 1. The number of para-hydroxylation sites is 1. The van der Waals surface area contributed by atoms with Crippen molar-refractivity contribution >= 4 is 29.0 Å². The van der Waals surface area contributed by atoms with Crippen molar-refractivity contribution in [3.63, 3.8) is 0 Å². The molecule has 24 heavy (non-hydrogen) atoms. The number of halogens is 1. The van der Waals surface area contributed by atoms with E-state index in [-0.39, 0.29) is 22.9 Å². The van der Waals surface area contributed by atoms with E-state index in [1.54, 1.807) is 25.1 Å². The van der Waals surface area contributed by atoms with Crippen LogP contribution in [0.15, 0.2) is 45.7 Å². The highest BCUT2D eigenvalue weighted by molar-refractivity contribution is 7.99. The molecule has 1 N–H and O–H groups in total. The number of thioether (sulfide) groups is 1. The smallest absolute Gasteiger partial charge is 0.287 e. The molecule has 2 heterocycles. The van der Waals surface area contributed by atoms with Crippen molar-refractivity contribution in [3.05, 3.63) is 64.0 Å². The zero-order chi connectivity index (χ0) is 17.1. The predicted molar refractivity (Wildman–Crippen MR) is 89.7 cm³/mol. The molecule has 0 fully saturated rings. The second-order valence-corrected chi connectivity index (χ2v) is 6.09. The molecule has 0 aliphatic heterocycles. The Morgan fingerprint density at radius 3 is 2.96 bits per heavy atom. The number of hydrogen-bond acceptors (Lipinski definition) is 5. The second-order valence-electron chi connectivity index (χ2n) is 5.11. The van der Waals surface area contributed by atoms with Crippen molar-refractivity contribution in [1.82, 2.24) is 9.56 Å². The van der Waals surface area contributed by atoms with E-state index in [9.17, 15) is 14.0 Å². The van der Waals surface area contributed by atoms with Crippen molar-refractivity contribution in [2.45, 2.75) is 12.7 Å². The van der Waals surface area contributed by atoms with E-state index in [2.05, 4.69) is 10.3 Å². The summed E-state index contributed by atoms with van der Waals surface area (Å²) in [5.41, 5.74) is 0.838. The van der Waals surface area contributed by atoms with Gasteiger partial charge in [-0.2, -0.15) is 0 Å². The van der Waals surface area contributed by atoms with Gasteiger partial charge in [0, 0.05) is 17.9 Å². The van der Waals surface area contributed by atoms with Crippen LogP contribution in [0.4, 0.5) is 10.1 Å². The minimum Gasteiger partial charge on any atom is -0.375 e. The van der Waals surface area contributed by atoms with Crippen LogP contribution in [0.25, 0.3) is 5.65 Å². The van der Waals surface area contributed by atoms with Crippen LogP contribution in [0.3, 0.4) is 0 Å². The predicted octanol–water partition coefficient (Wildman–Crippen LogP) is 2.61. The van der Waals surface area contributed by atoms with Crippen LogP contribution in [0, 0.1) is 12.7 Å². The molecule has 6 nitrogen and oxygen atoms in total. The maximum absolute atomic E-state index is 13.5. The van der Waals surface area contributed by atoms with Gasteiger partial charge in [-0.05, 0) is 19.1 Å². The first-order chi connectivity index (χ1) is 11.5. The van der Waals surface area contributed by atoms with Crippen LogP contribution in [-0.4, -0.2) is 21.2 Å². The van der Waals surface area contributed by atoms with Gasteiger partial charge in [-0.3, -0.25) is 9.59 Å². The molecule has 0 saturated heterocycles. The molecular weight excluding hydrogens is 333 g/mol. The molecule has 124 valence electrons. The standard InChI is InChI=1S/C16H14FN3O3S/c1-10-6-14-18-11(7-16(22)20(14)23-10)8-24-9-15(21)19-13-5-3-2-4-12(13)17/h2-7H,8-9H2,1H3,(H,19,21). The highest BCUT2D eigenvalue weighted by Crippen LogP contribution is 2.15. The summed E-state index contributed by atoms with van der Waals surface area (Å²) in [6, 6.07) is 9.01. The third-order valence-electron chi connectivity index (χ3n) is 3.16. The van der Waals surface area contributed by atoms with Crippen LogP contribution in [0.5, 0.6) is 0 Å². The number of anilines is 1. The Morgan fingerprint density at radius 2 is 2.17 bits per heavy atom. The molecular formula is C16H14FN3O3S. The number of aromatic nitrogens is 2. The van der Waals surface area contributed by atoms with Gasteiger partial charge < -0.3 is 9.84 Å². The zero-order valence-electron chi connectivity index (χ0n) is 12.8. The molecule has 3 aromatic rings. The number of nitrogens with one attached hydrogen (secondary N) is 1. The van der Waals surface area contributed by atoms with Crippen molar-refractivity contribution in [2.24, 2.45) is 0 Å². The third kappa shape index (κ3) is 3.65. The number of rotatable bonds is 5. The summed E-state index contributed by atoms with van der Waals surface area (Å²) in [7, 11) is 0. The summed E-state index contributed by atoms with van der Waals surface area (Å²) >= 11 is 1.29. The number of benzene rings is 1. The fraction of sp³-hybridized carbons (Fsp3) is 0.188. The molecule has 0 unspecified atom stereocenters. The minimum absolute atomic E-state index is 0.125. The lowest BCUT2D eigenvalue weighted by Crippen LogP contribution is -2.16. The molecule has 1 aromatic carbocycles. The maximum Gasteiger partial charge on any atom is 0.287 e. The largest absolute Gasteiger partial charge is 0.375 e. The number of carbonyl (C=O) groups excluding carboxylic acids is 1. The first-order valence-electron chi connectivity index (χ1n) is 7.14. The molecule has 0 saturated carbocycles. The van der Waals surface area contributed by atoms with Crippen molar-refractivity contribution in [2.75, 3.05) is 11.1 Å². The highest BCUT2D eigenvalue weighted by Gasteiger charge is 2.09. The van der Waals surface area contributed by atoms with Gasteiger partial charge in [0.05, 0.1) is 17.1 Å².